The Bertz CT molecular complexity index is 727. The summed E-state index contributed by atoms with van der Waals surface area (Å²) in [5.74, 6) is -0.842. The van der Waals surface area contributed by atoms with Gasteiger partial charge >= 0.3 is 0 Å². The first kappa shape index (κ1) is 14.0. The van der Waals surface area contributed by atoms with Gasteiger partial charge in [0.05, 0.1) is 6.42 Å². The summed E-state index contributed by atoms with van der Waals surface area (Å²) in [6.45, 7) is 0. The molecule has 1 aliphatic heterocycles. The SMILES string of the molecule is O=C(CC1(O)C(=O)Nc2ccccc21)c1ccc(Br)cc1. The van der Waals surface area contributed by atoms with Crippen molar-refractivity contribution in [2.45, 2.75) is 12.0 Å². The molecular weight excluding hydrogens is 334 g/mol. The van der Waals surface area contributed by atoms with Crippen LogP contribution >= 0.6 is 15.9 Å². The second kappa shape index (κ2) is 5.09. The highest BCUT2D eigenvalue weighted by atomic mass is 79.9. The van der Waals surface area contributed by atoms with Crippen molar-refractivity contribution in [3.8, 4) is 0 Å². The molecule has 0 aromatic heterocycles. The Balaban J connectivity index is 1.92. The summed E-state index contributed by atoms with van der Waals surface area (Å²) in [4.78, 5) is 24.4. The number of benzene rings is 2. The van der Waals surface area contributed by atoms with Gasteiger partial charge in [0.25, 0.3) is 5.91 Å². The monoisotopic (exact) mass is 345 g/mol. The van der Waals surface area contributed by atoms with E-state index in [1.54, 1.807) is 48.5 Å². The Hall–Kier alpha value is -1.98. The molecule has 106 valence electrons. The lowest BCUT2D eigenvalue weighted by molar-refractivity contribution is -0.133. The maximum atomic E-state index is 12.3. The molecule has 0 bridgehead atoms. The number of carbonyl (C=O) groups is 2. The summed E-state index contributed by atoms with van der Waals surface area (Å²) < 4.78 is 0.863. The summed E-state index contributed by atoms with van der Waals surface area (Å²) in [6, 6.07) is 13.7. The summed E-state index contributed by atoms with van der Waals surface area (Å²) in [7, 11) is 0. The fraction of sp³-hybridized carbons (Fsp3) is 0.125. The lowest BCUT2D eigenvalue weighted by Crippen LogP contribution is -2.36. The van der Waals surface area contributed by atoms with Crippen LogP contribution in [0.1, 0.15) is 22.3 Å². The van der Waals surface area contributed by atoms with Crippen molar-refractivity contribution >= 4 is 33.3 Å². The van der Waals surface area contributed by atoms with Gasteiger partial charge in [-0.25, -0.2) is 0 Å². The van der Waals surface area contributed by atoms with Gasteiger partial charge in [-0.15, -0.1) is 0 Å². The van der Waals surface area contributed by atoms with Gasteiger partial charge in [0.1, 0.15) is 0 Å². The number of fused-ring (bicyclic) bond motifs is 1. The first-order valence-corrected chi connectivity index (χ1v) is 7.22. The zero-order valence-electron chi connectivity index (χ0n) is 11.0. The quantitative estimate of drug-likeness (QED) is 0.840. The van der Waals surface area contributed by atoms with Crippen molar-refractivity contribution in [3.05, 3.63) is 64.1 Å². The molecule has 1 amide bonds. The van der Waals surface area contributed by atoms with Gasteiger partial charge < -0.3 is 10.4 Å². The standard InChI is InChI=1S/C16H12BrNO3/c17-11-7-5-10(6-8-11)14(19)9-16(21)12-3-1-2-4-13(12)18-15(16)20/h1-8,21H,9H2,(H,18,20). The van der Waals surface area contributed by atoms with Crippen LogP contribution in [0.2, 0.25) is 0 Å². The molecule has 2 aromatic carbocycles. The van der Waals surface area contributed by atoms with E-state index in [-0.39, 0.29) is 12.2 Å². The zero-order valence-corrected chi connectivity index (χ0v) is 12.6. The van der Waals surface area contributed by atoms with Crippen LogP contribution in [0.5, 0.6) is 0 Å². The molecular formula is C16H12BrNO3. The number of ketones is 1. The Morgan fingerprint density at radius 3 is 2.52 bits per heavy atom. The van der Waals surface area contributed by atoms with Crippen LogP contribution in [0.15, 0.2) is 53.0 Å². The average Bonchev–Trinajstić information content (AvgIpc) is 2.71. The van der Waals surface area contributed by atoms with Crippen molar-refractivity contribution in [1.82, 2.24) is 0 Å². The van der Waals surface area contributed by atoms with Gasteiger partial charge in [0, 0.05) is 21.3 Å². The van der Waals surface area contributed by atoms with Gasteiger partial charge in [0.2, 0.25) is 0 Å². The number of para-hydroxylation sites is 1. The molecule has 5 heteroatoms. The van der Waals surface area contributed by atoms with E-state index in [4.69, 9.17) is 0 Å². The van der Waals surface area contributed by atoms with E-state index in [1.807, 2.05) is 0 Å². The lowest BCUT2D eigenvalue weighted by Gasteiger charge is -2.19. The number of aliphatic hydroxyl groups is 1. The number of halogens is 1. The maximum absolute atomic E-state index is 12.3. The molecule has 1 heterocycles. The predicted octanol–water partition coefficient (Wildman–Crippen LogP) is 2.86. The number of anilines is 1. The smallest absolute Gasteiger partial charge is 0.261 e. The van der Waals surface area contributed by atoms with Gasteiger partial charge in [-0.3, -0.25) is 9.59 Å². The molecule has 2 aromatic rings. The van der Waals surface area contributed by atoms with Crippen LogP contribution in [-0.4, -0.2) is 16.8 Å². The van der Waals surface area contributed by atoms with Crippen LogP contribution < -0.4 is 5.32 Å². The van der Waals surface area contributed by atoms with E-state index in [1.165, 1.54) is 0 Å². The number of Topliss-reactive ketones (excluding diaryl/α,β-unsaturated/α-hetero) is 1. The van der Waals surface area contributed by atoms with Crippen LogP contribution in [0.25, 0.3) is 0 Å². The predicted molar refractivity (Wildman–Crippen MR) is 82.1 cm³/mol. The fourth-order valence-electron chi connectivity index (χ4n) is 2.45. The summed E-state index contributed by atoms with van der Waals surface area (Å²) in [6.07, 6.45) is -0.280. The van der Waals surface area contributed by atoms with Crippen LogP contribution in [-0.2, 0) is 10.4 Å². The minimum Gasteiger partial charge on any atom is -0.375 e. The number of amides is 1. The van der Waals surface area contributed by atoms with Crippen LogP contribution in [0.4, 0.5) is 5.69 Å². The number of rotatable bonds is 3. The average molecular weight is 346 g/mol. The molecule has 0 spiro atoms. The molecule has 4 nitrogen and oxygen atoms in total. The molecule has 1 aliphatic rings. The maximum Gasteiger partial charge on any atom is 0.261 e. The highest BCUT2D eigenvalue weighted by Gasteiger charge is 2.46. The summed E-state index contributed by atoms with van der Waals surface area (Å²) in [5, 5.41) is 13.3. The van der Waals surface area contributed by atoms with E-state index in [0.717, 1.165) is 4.47 Å². The molecule has 0 saturated heterocycles. The largest absolute Gasteiger partial charge is 0.375 e. The third-order valence-corrected chi connectivity index (χ3v) is 4.11. The third-order valence-electron chi connectivity index (χ3n) is 3.58. The number of nitrogens with one attached hydrogen (secondary N) is 1. The topological polar surface area (TPSA) is 66.4 Å². The summed E-state index contributed by atoms with van der Waals surface area (Å²) in [5.41, 5.74) is -0.348. The van der Waals surface area contributed by atoms with Crippen LogP contribution in [0, 0.1) is 0 Å². The molecule has 0 aliphatic carbocycles. The third kappa shape index (κ3) is 2.39. The van der Waals surface area contributed by atoms with Crippen LogP contribution in [0.3, 0.4) is 0 Å². The van der Waals surface area contributed by atoms with Gasteiger partial charge in [-0.2, -0.15) is 0 Å². The van der Waals surface area contributed by atoms with Crippen molar-refractivity contribution in [3.63, 3.8) is 0 Å². The zero-order chi connectivity index (χ0) is 15.0. The second-order valence-electron chi connectivity index (χ2n) is 4.97. The van der Waals surface area contributed by atoms with Gasteiger partial charge in [-0.05, 0) is 18.2 Å². The lowest BCUT2D eigenvalue weighted by atomic mass is 9.88. The van der Waals surface area contributed by atoms with E-state index in [2.05, 4.69) is 21.2 Å². The highest BCUT2D eigenvalue weighted by molar-refractivity contribution is 9.10. The second-order valence-corrected chi connectivity index (χ2v) is 5.88. The molecule has 0 radical (unpaired) electrons. The minimum absolute atomic E-state index is 0.280. The van der Waals surface area contributed by atoms with Gasteiger partial charge in [0.15, 0.2) is 11.4 Å². The minimum atomic E-state index is -1.80. The Morgan fingerprint density at radius 1 is 1.14 bits per heavy atom. The van der Waals surface area contributed by atoms with Crippen molar-refractivity contribution in [1.29, 1.82) is 0 Å². The molecule has 21 heavy (non-hydrogen) atoms. The summed E-state index contributed by atoms with van der Waals surface area (Å²) >= 11 is 3.30. The Morgan fingerprint density at radius 2 is 1.81 bits per heavy atom. The number of carbonyl (C=O) groups excluding carboxylic acids is 2. The molecule has 0 fully saturated rings. The molecule has 3 rings (SSSR count). The Labute approximate surface area is 129 Å². The highest BCUT2D eigenvalue weighted by Crippen LogP contribution is 2.38. The number of hydrogen-bond acceptors (Lipinski definition) is 3. The van der Waals surface area contributed by atoms with Crippen molar-refractivity contribution < 1.29 is 14.7 Å². The van der Waals surface area contributed by atoms with E-state index in [9.17, 15) is 14.7 Å². The molecule has 1 unspecified atom stereocenters. The van der Waals surface area contributed by atoms with Gasteiger partial charge in [-0.1, -0.05) is 46.3 Å². The van der Waals surface area contributed by atoms with Crippen molar-refractivity contribution in [2.75, 3.05) is 5.32 Å². The molecule has 0 saturated carbocycles. The molecule has 2 N–H and O–H groups in total. The number of hydrogen-bond donors (Lipinski definition) is 2. The van der Waals surface area contributed by atoms with E-state index >= 15 is 0 Å². The fourth-order valence-corrected chi connectivity index (χ4v) is 2.71. The van der Waals surface area contributed by atoms with E-state index in [0.29, 0.717) is 16.8 Å². The first-order chi connectivity index (χ1) is 10.0. The Kier molecular flexibility index (Phi) is 3.39. The van der Waals surface area contributed by atoms with Crippen molar-refractivity contribution in [2.24, 2.45) is 0 Å². The first-order valence-electron chi connectivity index (χ1n) is 6.43. The normalized spacial score (nSPS) is 20.0. The molecule has 1 atom stereocenters. The van der Waals surface area contributed by atoms with E-state index < -0.39 is 11.5 Å².